The minimum absolute atomic E-state index is 0.148. The van der Waals surface area contributed by atoms with Crippen LogP contribution in [0.3, 0.4) is 0 Å². The molecule has 1 aromatic heterocycles. The van der Waals surface area contributed by atoms with Crippen LogP contribution in [0.1, 0.15) is 32.8 Å². The van der Waals surface area contributed by atoms with E-state index in [1.54, 1.807) is 20.8 Å². The van der Waals surface area contributed by atoms with Crippen molar-refractivity contribution < 1.29 is 23.0 Å². The van der Waals surface area contributed by atoms with Crippen molar-refractivity contribution >= 4 is 23.0 Å². The Balaban J connectivity index is 1.77. The number of fused-ring (bicyclic) bond motifs is 1. The molecule has 0 saturated carbocycles. The van der Waals surface area contributed by atoms with Crippen molar-refractivity contribution in [3.63, 3.8) is 0 Å². The highest BCUT2D eigenvalue weighted by molar-refractivity contribution is 8.13. The molecule has 170 valence electrons. The van der Waals surface area contributed by atoms with Crippen LogP contribution in [0, 0.1) is 17.6 Å². The molecule has 2 aliphatic heterocycles. The number of benzene rings is 1. The average Bonchev–Trinajstić information content (AvgIpc) is 2.72. The van der Waals surface area contributed by atoms with Crippen molar-refractivity contribution in [2.45, 2.75) is 38.3 Å². The number of hydrogen-bond donors (Lipinski definition) is 1. The average molecular weight is 463 g/mol. The molecule has 2 aromatic rings. The number of hydrogen-bond acceptors (Lipinski definition) is 7. The smallest absolute Gasteiger partial charge is 0.413 e. The van der Waals surface area contributed by atoms with Gasteiger partial charge in [-0.05, 0) is 26.8 Å². The van der Waals surface area contributed by atoms with Gasteiger partial charge in [-0.15, -0.1) is 0 Å². The molecule has 1 fully saturated rings. The molecule has 0 unspecified atom stereocenters. The molecule has 4 rings (SSSR count). The fourth-order valence-electron chi connectivity index (χ4n) is 3.93. The van der Waals surface area contributed by atoms with E-state index in [0.29, 0.717) is 36.1 Å². The van der Waals surface area contributed by atoms with Gasteiger partial charge in [0.2, 0.25) is 0 Å². The minimum Gasteiger partial charge on any atom is -0.444 e. The van der Waals surface area contributed by atoms with Gasteiger partial charge in [0.25, 0.3) is 0 Å². The van der Waals surface area contributed by atoms with Gasteiger partial charge < -0.3 is 9.47 Å². The normalized spacial score (nSPS) is 23.2. The second-order valence-electron chi connectivity index (χ2n) is 8.74. The maximum Gasteiger partial charge on any atom is 0.413 e. The Morgan fingerprint density at radius 1 is 1.25 bits per heavy atom. The lowest BCUT2D eigenvalue weighted by Crippen LogP contribution is -2.48. The van der Waals surface area contributed by atoms with Crippen LogP contribution in [0.2, 0.25) is 0 Å². The zero-order valence-corrected chi connectivity index (χ0v) is 18.8. The Bertz CT molecular complexity index is 1050. The Morgan fingerprint density at radius 3 is 2.72 bits per heavy atom. The fourth-order valence-corrected chi connectivity index (χ4v) is 5.05. The highest BCUT2D eigenvalue weighted by Crippen LogP contribution is 2.47. The topological polar surface area (TPSA) is 85.7 Å². The van der Waals surface area contributed by atoms with Gasteiger partial charge in [0.1, 0.15) is 23.6 Å². The summed E-state index contributed by atoms with van der Waals surface area (Å²) < 4.78 is 40.8. The van der Waals surface area contributed by atoms with E-state index in [2.05, 4.69) is 15.3 Å². The van der Waals surface area contributed by atoms with Crippen LogP contribution in [0.5, 0.6) is 0 Å². The maximum absolute atomic E-state index is 15.2. The molecule has 0 spiro atoms. The summed E-state index contributed by atoms with van der Waals surface area (Å²) in [5.41, 5.74) is -0.784. The lowest BCUT2D eigenvalue weighted by atomic mass is 9.75. The van der Waals surface area contributed by atoms with Crippen LogP contribution < -0.4 is 5.32 Å². The maximum atomic E-state index is 15.2. The number of ether oxygens (including phenoxy) is 2. The molecule has 1 saturated heterocycles. The molecule has 32 heavy (non-hydrogen) atoms. The summed E-state index contributed by atoms with van der Waals surface area (Å²) in [4.78, 5) is 25.0. The van der Waals surface area contributed by atoms with Gasteiger partial charge in [0.05, 0.1) is 12.1 Å². The second-order valence-corrected chi connectivity index (χ2v) is 9.75. The molecule has 7 nitrogen and oxygen atoms in total. The first kappa shape index (κ1) is 22.6. The summed E-state index contributed by atoms with van der Waals surface area (Å²) in [7, 11) is 0. The molecule has 1 amide bonds. The van der Waals surface area contributed by atoms with Crippen LogP contribution >= 0.6 is 11.8 Å². The van der Waals surface area contributed by atoms with Crippen LogP contribution in [0.4, 0.5) is 13.6 Å². The molecule has 10 heteroatoms. The number of rotatable bonds is 2. The molecule has 3 heterocycles. The number of nitrogens with one attached hydrogen (secondary N) is 1. The summed E-state index contributed by atoms with van der Waals surface area (Å²) in [6, 6.07) is 2.35. The molecule has 2 aliphatic rings. The number of aromatic nitrogens is 2. The molecule has 0 radical (unpaired) electrons. The number of thioether (sulfide) groups is 1. The Kier molecular flexibility index (Phi) is 6.17. The van der Waals surface area contributed by atoms with Crippen LogP contribution in [-0.4, -0.2) is 45.8 Å². The highest BCUT2D eigenvalue weighted by atomic mass is 32.2. The number of alkyl carbamates (subject to hydrolysis) is 1. The Hall–Kier alpha value is -2.59. The van der Waals surface area contributed by atoms with Crippen molar-refractivity contribution in [2.24, 2.45) is 10.9 Å². The summed E-state index contributed by atoms with van der Waals surface area (Å²) in [6.07, 6.45) is 4.05. The van der Waals surface area contributed by atoms with Gasteiger partial charge >= 0.3 is 6.09 Å². The van der Waals surface area contributed by atoms with Gasteiger partial charge in [-0.2, -0.15) is 0 Å². The SMILES string of the molecule is CC(C)(C)OC(=O)NC1=N[C@@]2(c3cc(-c4cncnc4)c(F)cc3F)CCOC[C@H]2CS1. The molecular weight excluding hydrogens is 438 g/mol. The van der Waals surface area contributed by atoms with Gasteiger partial charge in [0.15, 0.2) is 5.17 Å². The van der Waals surface area contributed by atoms with Crippen molar-refractivity contribution in [3.8, 4) is 11.1 Å². The van der Waals surface area contributed by atoms with Gasteiger partial charge in [-0.1, -0.05) is 11.8 Å². The van der Waals surface area contributed by atoms with E-state index in [1.807, 2.05) is 0 Å². The van der Waals surface area contributed by atoms with Crippen molar-refractivity contribution in [2.75, 3.05) is 19.0 Å². The van der Waals surface area contributed by atoms with E-state index in [1.165, 1.54) is 36.5 Å². The third-order valence-corrected chi connectivity index (χ3v) is 6.38. The Labute approximate surface area is 189 Å². The predicted molar refractivity (Wildman–Crippen MR) is 117 cm³/mol. The number of carbonyl (C=O) groups is 1. The van der Waals surface area contributed by atoms with E-state index in [4.69, 9.17) is 14.5 Å². The monoisotopic (exact) mass is 462 g/mol. The largest absolute Gasteiger partial charge is 0.444 e. The number of halogens is 2. The highest BCUT2D eigenvalue weighted by Gasteiger charge is 2.47. The zero-order chi connectivity index (χ0) is 22.9. The van der Waals surface area contributed by atoms with E-state index in [0.717, 1.165) is 6.07 Å². The van der Waals surface area contributed by atoms with E-state index >= 15 is 4.39 Å². The van der Waals surface area contributed by atoms with Crippen LogP contribution in [0.15, 0.2) is 35.8 Å². The van der Waals surface area contributed by atoms with Gasteiger partial charge in [-0.25, -0.2) is 23.5 Å². The fraction of sp³-hybridized carbons (Fsp3) is 0.455. The molecule has 0 aliphatic carbocycles. The summed E-state index contributed by atoms with van der Waals surface area (Å²) in [5, 5.41) is 3.01. The lowest BCUT2D eigenvalue weighted by Gasteiger charge is -2.44. The predicted octanol–water partition coefficient (Wildman–Crippen LogP) is 4.28. The number of amides is 1. The van der Waals surface area contributed by atoms with E-state index in [-0.39, 0.29) is 17.0 Å². The summed E-state index contributed by atoms with van der Waals surface area (Å²) in [5.74, 6) is -0.996. The third-order valence-electron chi connectivity index (χ3n) is 5.35. The first-order chi connectivity index (χ1) is 15.2. The molecule has 2 atom stereocenters. The Morgan fingerprint density at radius 2 is 2.00 bits per heavy atom. The van der Waals surface area contributed by atoms with Crippen LogP contribution in [0.25, 0.3) is 11.1 Å². The van der Waals surface area contributed by atoms with E-state index in [9.17, 15) is 9.18 Å². The quantitative estimate of drug-likeness (QED) is 0.717. The van der Waals surface area contributed by atoms with Gasteiger partial charge in [-0.3, -0.25) is 10.3 Å². The first-order valence-electron chi connectivity index (χ1n) is 10.2. The van der Waals surface area contributed by atoms with Crippen molar-refractivity contribution in [1.82, 2.24) is 15.3 Å². The number of amidine groups is 1. The zero-order valence-electron chi connectivity index (χ0n) is 18.0. The second kappa shape index (κ2) is 8.74. The molecule has 1 aromatic carbocycles. The first-order valence-corrected chi connectivity index (χ1v) is 11.2. The number of nitrogens with zero attached hydrogens (tertiary/aromatic N) is 3. The van der Waals surface area contributed by atoms with Crippen LogP contribution in [-0.2, 0) is 15.0 Å². The third kappa shape index (κ3) is 4.61. The van der Waals surface area contributed by atoms with E-state index < -0.39 is 28.9 Å². The molecular formula is C22H24F2N4O3S. The minimum atomic E-state index is -1.00. The number of aliphatic imine (C=N–C) groups is 1. The standard InChI is InChI=1S/C22H24F2N4O3S/c1-21(2,3)31-20(29)27-19-28-22(4-5-30-10-14(22)11-32-19)16-6-15(17(23)7-18(16)24)13-8-25-12-26-9-13/h6-9,12,14H,4-5,10-11H2,1-3H3,(H,27,28,29)/t14-,22-/m0/s1. The molecule has 1 N–H and O–H groups in total. The van der Waals surface area contributed by atoms with Crippen molar-refractivity contribution in [1.29, 1.82) is 0 Å². The summed E-state index contributed by atoms with van der Waals surface area (Å²) in [6.45, 7) is 6.05. The van der Waals surface area contributed by atoms with Gasteiger partial charge in [0, 0.05) is 59.8 Å². The van der Waals surface area contributed by atoms with Crippen molar-refractivity contribution in [3.05, 3.63) is 48.1 Å². The summed E-state index contributed by atoms with van der Waals surface area (Å²) >= 11 is 1.35. The lowest BCUT2D eigenvalue weighted by molar-refractivity contribution is 0.00866. The molecule has 0 bridgehead atoms. The number of carbonyl (C=O) groups excluding carboxylic acids is 1.